The largest absolute Gasteiger partial charge is 0.0654 e. The molecule has 0 radical (unpaired) electrons. The Labute approximate surface area is 232 Å². The summed E-state index contributed by atoms with van der Waals surface area (Å²) < 4.78 is 0. The van der Waals surface area contributed by atoms with Crippen molar-refractivity contribution in [2.45, 2.75) is 227 Å². The Kier molecular flexibility index (Phi) is 29.6. The minimum Gasteiger partial charge on any atom is -0.0654 e. The van der Waals surface area contributed by atoms with Crippen LogP contribution in [0.4, 0.5) is 0 Å². The molecule has 0 aliphatic carbocycles. The van der Waals surface area contributed by atoms with E-state index in [-0.39, 0.29) is 0 Å². The fraction of sp³-hybridized carbons (Fsp3) is 1.00. The van der Waals surface area contributed by atoms with Gasteiger partial charge in [0, 0.05) is 0 Å². The van der Waals surface area contributed by atoms with Crippen molar-refractivity contribution in [2.75, 3.05) is 0 Å². The number of rotatable bonds is 31. The Morgan fingerprint density at radius 2 is 0.444 bits per heavy atom. The van der Waals surface area contributed by atoms with Gasteiger partial charge in [-0.15, -0.1) is 0 Å². The van der Waals surface area contributed by atoms with Gasteiger partial charge < -0.3 is 0 Å². The van der Waals surface area contributed by atoms with Crippen LogP contribution in [0.25, 0.3) is 0 Å². The Hall–Kier alpha value is 0. The van der Waals surface area contributed by atoms with E-state index >= 15 is 0 Å². The van der Waals surface area contributed by atoms with Crippen LogP contribution in [0.2, 0.25) is 0 Å². The van der Waals surface area contributed by atoms with Gasteiger partial charge in [0.1, 0.15) is 0 Å². The van der Waals surface area contributed by atoms with Crippen molar-refractivity contribution >= 4 is 0 Å². The van der Waals surface area contributed by atoms with E-state index in [0.717, 1.165) is 0 Å². The molecule has 0 aromatic rings. The molecule has 0 fully saturated rings. The van der Waals surface area contributed by atoms with Crippen LogP contribution in [0.3, 0.4) is 0 Å². The van der Waals surface area contributed by atoms with Crippen LogP contribution in [0.15, 0.2) is 0 Å². The summed E-state index contributed by atoms with van der Waals surface area (Å²) >= 11 is 0. The van der Waals surface area contributed by atoms with Gasteiger partial charge in [0.05, 0.1) is 0 Å². The molecule has 0 aromatic heterocycles. The van der Waals surface area contributed by atoms with Crippen molar-refractivity contribution in [3.05, 3.63) is 0 Å². The third-order valence-electron chi connectivity index (χ3n) is 9.18. The Morgan fingerprint density at radius 1 is 0.250 bits per heavy atom. The summed E-state index contributed by atoms with van der Waals surface area (Å²) in [6, 6.07) is 0. The van der Waals surface area contributed by atoms with Crippen LogP contribution < -0.4 is 0 Å². The molecule has 0 amide bonds. The molecule has 0 spiro atoms. The molecule has 0 aliphatic rings. The second kappa shape index (κ2) is 29.6. The molecule has 0 aliphatic heterocycles. The number of unbranched alkanes of at least 4 members (excludes halogenated alkanes) is 24. The average molecular weight is 507 g/mol. The molecule has 0 bridgehead atoms. The van der Waals surface area contributed by atoms with Crippen molar-refractivity contribution in [1.82, 2.24) is 0 Å². The maximum absolute atomic E-state index is 2.51. The van der Waals surface area contributed by atoms with E-state index in [1.807, 2.05) is 0 Å². The highest BCUT2D eigenvalue weighted by molar-refractivity contribution is 4.78. The van der Waals surface area contributed by atoms with Gasteiger partial charge >= 0.3 is 0 Å². The highest BCUT2D eigenvalue weighted by atomic mass is 14.3. The molecule has 0 heteroatoms. The van der Waals surface area contributed by atoms with Crippen LogP contribution in [-0.4, -0.2) is 0 Å². The molecule has 0 saturated heterocycles. The zero-order chi connectivity index (χ0) is 26.4. The molecule has 1 atom stereocenters. The molecule has 0 heterocycles. The SMILES string of the molecule is CCCCCCCCCCCCCCCCCC(CC)(CCCCCC)CCCCCCCCCC. The van der Waals surface area contributed by atoms with E-state index in [2.05, 4.69) is 27.7 Å². The zero-order valence-electron chi connectivity index (χ0n) is 26.4. The van der Waals surface area contributed by atoms with Crippen molar-refractivity contribution < 1.29 is 0 Å². The maximum Gasteiger partial charge on any atom is -0.0300 e. The van der Waals surface area contributed by atoms with Gasteiger partial charge in [-0.1, -0.05) is 207 Å². The molecule has 0 saturated carbocycles. The van der Waals surface area contributed by atoms with Crippen molar-refractivity contribution in [1.29, 1.82) is 0 Å². The van der Waals surface area contributed by atoms with Crippen LogP contribution in [-0.2, 0) is 0 Å². The monoisotopic (exact) mass is 507 g/mol. The third kappa shape index (κ3) is 24.3. The van der Waals surface area contributed by atoms with Gasteiger partial charge in [-0.25, -0.2) is 0 Å². The van der Waals surface area contributed by atoms with Crippen LogP contribution in [0, 0.1) is 5.41 Å². The second-order valence-electron chi connectivity index (χ2n) is 12.6. The smallest absolute Gasteiger partial charge is 0.0300 e. The molecular weight excluding hydrogens is 432 g/mol. The molecule has 0 N–H and O–H groups in total. The van der Waals surface area contributed by atoms with E-state index in [1.54, 1.807) is 0 Å². The van der Waals surface area contributed by atoms with Gasteiger partial charge in [0.2, 0.25) is 0 Å². The summed E-state index contributed by atoms with van der Waals surface area (Å²) in [4.78, 5) is 0. The van der Waals surface area contributed by atoms with E-state index in [0.29, 0.717) is 5.41 Å². The first-order chi connectivity index (χ1) is 17.7. The van der Waals surface area contributed by atoms with E-state index < -0.39 is 0 Å². The fourth-order valence-electron chi connectivity index (χ4n) is 6.34. The third-order valence-corrected chi connectivity index (χ3v) is 9.18. The minimum atomic E-state index is 0.673. The highest BCUT2D eigenvalue weighted by Gasteiger charge is 2.26. The molecular formula is C36H74. The Balaban J connectivity index is 3.92. The summed E-state index contributed by atoms with van der Waals surface area (Å²) in [7, 11) is 0. The van der Waals surface area contributed by atoms with E-state index in [9.17, 15) is 0 Å². The van der Waals surface area contributed by atoms with Crippen molar-refractivity contribution in [3.8, 4) is 0 Å². The summed E-state index contributed by atoms with van der Waals surface area (Å²) in [5.41, 5.74) is 0.673. The fourth-order valence-corrected chi connectivity index (χ4v) is 6.34. The zero-order valence-corrected chi connectivity index (χ0v) is 26.4. The number of hydrogen-bond donors (Lipinski definition) is 0. The van der Waals surface area contributed by atoms with Gasteiger partial charge in [-0.3, -0.25) is 0 Å². The lowest BCUT2D eigenvalue weighted by Gasteiger charge is -2.34. The topological polar surface area (TPSA) is 0 Å². The predicted octanol–water partition coefficient (Wildman–Crippen LogP) is 14.1. The van der Waals surface area contributed by atoms with E-state index in [4.69, 9.17) is 0 Å². The van der Waals surface area contributed by atoms with E-state index in [1.165, 1.54) is 199 Å². The lowest BCUT2D eigenvalue weighted by molar-refractivity contribution is 0.186. The Bertz CT molecular complexity index is 385. The lowest BCUT2D eigenvalue weighted by atomic mass is 9.72. The standard InChI is InChI=1S/C36H74/c1-5-9-12-15-17-19-20-21-22-23-24-25-27-29-32-35-36(8-4,33-30-14-11-7-3)34-31-28-26-18-16-13-10-6-2/h5-35H2,1-4H3. The molecule has 218 valence electrons. The van der Waals surface area contributed by atoms with Crippen LogP contribution in [0.1, 0.15) is 227 Å². The molecule has 1 unspecified atom stereocenters. The number of hydrogen-bond acceptors (Lipinski definition) is 0. The summed E-state index contributed by atoms with van der Waals surface area (Å²) in [5.74, 6) is 0. The summed E-state index contributed by atoms with van der Waals surface area (Å²) in [6.45, 7) is 9.50. The first kappa shape index (κ1) is 36.0. The quantitative estimate of drug-likeness (QED) is 0.0820. The van der Waals surface area contributed by atoms with Gasteiger partial charge in [-0.2, -0.15) is 0 Å². The molecule has 36 heavy (non-hydrogen) atoms. The molecule has 0 rings (SSSR count). The average Bonchev–Trinajstić information content (AvgIpc) is 2.90. The van der Waals surface area contributed by atoms with Crippen molar-refractivity contribution in [2.24, 2.45) is 5.41 Å². The van der Waals surface area contributed by atoms with Gasteiger partial charge in [-0.05, 0) is 24.7 Å². The van der Waals surface area contributed by atoms with Gasteiger partial charge in [0.25, 0.3) is 0 Å². The Morgan fingerprint density at radius 3 is 0.667 bits per heavy atom. The van der Waals surface area contributed by atoms with Crippen LogP contribution >= 0.6 is 0 Å². The first-order valence-corrected chi connectivity index (χ1v) is 17.7. The van der Waals surface area contributed by atoms with Gasteiger partial charge in [0.15, 0.2) is 0 Å². The summed E-state index contributed by atoms with van der Waals surface area (Å²) in [6.07, 6.45) is 45.6. The first-order valence-electron chi connectivity index (χ1n) is 17.7. The lowest BCUT2D eigenvalue weighted by Crippen LogP contribution is -2.20. The minimum absolute atomic E-state index is 0.673. The maximum atomic E-state index is 2.51. The second-order valence-corrected chi connectivity index (χ2v) is 12.6. The highest BCUT2D eigenvalue weighted by Crippen LogP contribution is 2.40. The summed E-state index contributed by atoms with van der Waals surface area (Å²) in [5, 5.41) is 0. The predicted molar refractivity (Wildman–Crippen MR) is 168 cm³/mol. The molecule has 0 aromatic carbocycles. The normalized spacial score (nSPS) is 13.3. The molecule has 0 nitrogen and oxygen atoms in total. The van der Waals surface area contributed by atoms with Crippen LogP contribution in [0.5, 0.6) is 0 Å². The van der Waals surface area contributed by atoms with Crippen molar-refractivity contribution in [3.63, 3.8) is 0 Å².